The Morgan fingerprint density at radius 1 is 1.40 bits per heavy atom. The van der Waals surface area contributed by atoms with Crippen molar-refractivity contribution in [1.29, 1.82) is 0 Å². The van der Waals surface area contributed by atoms with Crippen LogP contribution in [0.3, 0.4) is 0 Å². The number of hydrogen-bond donors (Lipinski definition) is 2. The molecule has 0 fully saturated rings. The third kappa shape index (κ3) is 7.25. The maximum Gasteiger partial charge on any atom is 0.313 e. The van der Waals surface area contributed by atoms with Crippen LogP contribution in [-0.4, -0.2) is 34.0 Å². The fraction of sp³-hybridized carbons (Fsp3) is 0.800. The quantitative estimate of drug-likeness (QED) is 0.699. The Morgan fingerprint density at radius 3 is 2.47 bits per heavy atom. The monoisotopic (exact) mass is 233 g/mol. The molecule has 0 aromatic heterocycles. The molecule has 0 rings (SSSR count). The SMILES string of the molecule is CCCC(C)NC(=O)C(C)SCC(=O)O. The Hall–Kier alpha value is -0.710. The highest BCUT2D eigenvalue weighted by molar-refractivity contribution is 8.01. The summed E-state index contributed by atoms with van der Waals surface area (Å²) in [4.78, 5) is 21.8. The zero-order valence-corrected chi connectivity index (χ0v) is 10.3. The third-order valence-electron chi connectivity index (χ3n) is 1.94. The standard InChI is InChI=1S/C10H19NO3S/c1-4-5-7(2)11-10(14)8(3)15-6-9(12)13/h7-8H,4-6H2,1-3H3,(H,11,14)(H,12,13). The first kappa shape index (κ1) is 14.3. The molecule has 0 heterocycles. The smallest absolute Gasteiger partial charge is 0.313 e. The molecule has 5 heteroatoms. The van der Waals surface area contributed by atoms with Gasteiger partial charge in [-0.2, -0.15) is 0 Å². The molecule has 0 aliphatic carbocycles. The summed E-state index contributed by atoms with van der Waals surface area (Å²) in [6.07, 6.45) is 1.97. The largest absolute Gasteiger partial charge is 0.481 e. The molecule has 0 spiro atoms. The van der Waals surface area contributed by atoms with E-state index in [1.165, 1.54) is 0 Å². The van der Waals surface area contributed by atoms with E-state index < -0.39 is 5.97 Å². The Kier molecular flexibility index (Phi) is 7.21. The molecule has 1 amide bonds. The Morgan fingerprint density at radius 2 is 2.00 bits per heavy atom. The number of thioether (sulfide) groups is 1. The summed E-state index contributed by atoms with van der Waals surface area (Å²) in [5, 5.41) is 11.0. The summed E-state index contributed by atoms with van der Waals surface area (Å²) in [5.41, 5.74) is 0. The van der Waals surface area contributed by atoms with Gasteiger partial charge in [0.15, 0.2) is 0 Å². The van der Waals surface area contributed by atoms with Crippen LogP contribution in [0.1, 0.15) is 33.6 Å². The minimum atomic E-state index is -0.888. The van der Waals surface area contributed by atoms with Crippen LogP contribution >= 0.6 is 11.8 Å². The van der Waals surface area contributed by atoms with E-state index in [-0.39, 0.29) is 23.0 Å². The Bertz CT molecular complexity index is 221. The van der Waals surface area contributed by atoms with Gasteiger partial charge in [0.1, 0.15) is 0 Å². The lowest BCUT2D eigenvalue weighted by Gasteiger charge is -2.16. The highest BCUT2D eigenvalue weighted by Crippen LogP contribution is 2.10. The van der Waals surface area contributed by atoms with Crippen molar-refractivity contribution in [3.05, 3.63) is 0 Å². The zero-order valence-electron chi connectivity index (χ0n) is 9.45. The van der Waals surface area contributed by atoms with Crippen molar-refractivity contribution < 1.29 is 14.7 Å². The molecule has 0 saturated carbocycles. The van der Waals surface area contributed by atoms with Gasteiger partial charge in [-0.05, 0) is 20.3 Å². The van der Waals surface area contributed by atoms with Gasteiger partial charge in [0.05, 0.1) is 11.0 Å². The van der Waals surface area contributed by atoms with Crippen molar-refractivity contribution >= 4 is 23.6 Å². The maximum absolute atomic E-state index is 11.5. The van der Waals surface area contributed by atoms with Gasteiger partial charge in [-0.1, -0.05) is 13.3 Å². The van der Waals surface area contributed by atoms with E-state index >= 15 is 0 Å². The zero-order chi connectivity index (χ0) is 11.8. The number of aliphatic carboxylic acids is 1. The Balaban J connectivity index is 3.82. The van der Waals surface area contributed by atoms with Crippen molar-refractivity contribution in [3.63, 3.8) is 0 Å². The number of hydrogen-bond acceptors (Lipinski definition) is 3. The molecule has 0 aromatic carbocycles. The third-order valence-corrected chi connectivity index (χ3v) is 3.06. The van der Waals surface area contributed by atoms with Crippen LogP contribution in [0.15, 0.2) is 0 Å². The van der Waals surface area contributed by atoms with E-state index in [1.54, 1.807) is 6.92 Å². The average molecular weight is 233 g/mol. The summed E-state index contributed by atoms with van der Waals surface area (Å²) in [5.74, 6) is -1.00. The molecule has 2 atom stereocenters. The van der Waals surface area contributed by atoms with Gasteiger partial charge in [-0.15, -0.1) is 11.8 Å². The summed E-state index contributed by atoms with van der Waals surface area (Å²) in [7, 11) is 0. The molecule has 0 radical (unpaired) electrons. The summed E-state index contributed by atoms with van der Waals surface area (Å²) in [6.45, 7) is 5.74. The van der Waals surface area contributed by atoms with Crippen LogP contribution in [0.5, 0.6) is 0 Å². The van der Waals surface area contributed by atoms with Gasteiger partial charge in [0.2, 0.25) is 5.91 Å². The number of rotatable bonds is 7. The lowest BCUT2D eigenvalue weighted by Crippen LogP contribution is -2.37. The second-order valence-electron chi connectivity index (χ2n) is 3.55. The maximum atomic E-state index is 11.5. The molecule has 88 valence electrons. The number of carboxylic acids is 1. The minimum absolute atomic E-state index is 0.0310. The minimum Gasteiger partial charge on any atom is -0.481 e. The van der Waals surface area contributed by atoms with Gasteiger partial charge < -0.3 is 10.4 Å². The summed E-state index contributed by atoms with van der Waals surface area (Å²) < 4.78 is 0. The molecule has 0 bridgehead atoms. The van der Waals surface area contributed by atoms with Gasteiger partial charge in [0.25, 0.3) is 0 Å². The second kappa shape index (κ2) is 7.56. The van der Waals surface area contributed by atoms with Gasteiger partial charge >= 0.3 is 5.97 Å². The van der Waals surface area contributed by atoms with Gasteiger partial charge in [0, 0.05) is 6.04 Å². The molecule has 0 aliphatic heterocycles. The normalized spacial score (nSPS) is 14.3. The molecule has 15 heavy (non-hydrogen) atoms. The van der Waals surface area contributed by atoms with E-state index in [9.17, 15) is 9.59 Å². The van der Waals surface area contributed by atoms with Crippen molar-refractivity contribution in [2.24, 2.45) is 0 Å². The number of carbonyl (C=O) groups excluding carboxylic acids is 1. The predicted molar refractivity (Wildman–Crippen MR) is 62.1 cm³/mol. The number of carboxylic acid groups (broad SMARTS) is 1. The fourth-order valence-electron chi connectivity index (χ4n) is 1.14. The highest BCUT2D eigenvalue weighted by Gasteiger charge is 2.16. The van der Waals surface area contributed by atoms with Crippen molar-refractivity contribution in [2.75, 3.05) is 5.75 Å². The van der Waals surface area contributed by atoms with E-state index in [0.717, 1.165) is 24.6 Å². The second-order valence-corrected chi connectivity index (χ2v) is 4.87. The molecule has 0 saturated heterocycles. The molecule has 2 unspecified atom stereocenters. The van der Waals surface area contributed by atoms with Crippen molar-refractivity contribution in [3.8, 4) is 0 Å². The molecule has 2 N–H and O–H groups in total. The Labute approximate surface area is 94.8 Å². The van der Waals surface area contributed by atoms with Crippen LogP contribution in [0.2, 0.25) is 0 Å². The van der Waals surface area contributed by atoms with Crippen molar-refractivity contribution in [1.82, 2.24) is 5.32 Å². The number of nitrogens with one attached hydrogen (secondary N) is 1. The van der Waals surface area contributed by atoms with Crippen LogP contribution in [0, 0.1) is 0 Å². The van der Waals surface area contributed by atoms with Crippen LogP contribution < -0.4 is 5.32 Å². The van der Waals surface area contributed by atoms with Crippen LogP contribution in [0.4, 0.5) is 0 Å². The molecular formula is C10H19NO3S. The molecule has 0 aromatic rings. The average Bonchev–Trinajstić information content (AvgIpc) is 2.14. The molecule has 4 nitrogen and oxygen atoms in total. The summed E-state index contributed by atoms with van der Waals surface area (Å²) >= 11 is 1.14. The summed E-state index contributed by atoms with van der Waals surface area (Å²) in [6, 6.07) is 0.162. The molecular weight excluding hydrogens is 214 g/mol. The first-order valence-corrected chi connectivity index (χ1v) is 6.16. The van der Waals surface area contributed by atoms with Gasteiger partial charge in [-0.25, -0.2) is 0 Å². The lowest BCUT2D eigenvalue weighted by atomic mass is 10.2. The van der Waals surface area contributed by atoms with Crippen LogP contribution in [-0.2, 0) is 9.59 Å². The van der Waals surface area contributed by atoms with E-state index in [1.807, 2.05) is 6.92 Å². The van der Waals surface area contributed by atoms with Crippen molar-refractivity contribution in [2.45, 2.75) is 44.9 Å². The number of carbonyl (C=O) groups is 2. The topological polar surface area (TPSA) is 66.4 Å². The molecule has 0 aliphatic rings. The van der Waals surface area contributed by atoms with E-state index in [2.05, 4.69) is 12.2 Å². The van der Waals surface area contributed by atoms with E-state index in [0.29, 0.717) is 0 Å². The highest BCUT2D eigenvalue weighted by atomic mass is 32.2. The van der Waals surface area contributed by atoms with Gasteiger partial charge in [-0.3, -0.25) is 9.59 Å². The predicted octanol–water partition coefficient (Wildman–Crippen LogP) is 1.50. The lowest BCUT2D eigenvalue weighted by molar-refractivity contribution is -0.133. The fourth-order valence-corrected chi connectivity index (χ4v) is 1.75. The first-order valence-electron chi connectivity index (χ1n) is 5.11. The first-order chi connectivity index (χ1) is 6.97. The van der Waals surface area contributed by atoms with Crippen LogP contribution in [0.25, 0.3) is 0 Å². The number of amides is 1. The van der Waals surface area contributed by atoms with E-state index in [4.69, 9.17) is 5.11 Å².